The van der Waals surface area contributed by atoms with Gasteiger partial charge in [0, 0.05) is 17.1 Å². The number of benzene rings is 2. The SMILES string of the molecule is C=C(C)c1cccc(C(C)(C)NCOOCc2ccc(O)c3ncccc23)c1. The summed E-state index contributed by atoms with van der Waals surface area (Å²) >= 11 is 0. The minimum absolute atomic E-state index is 0.153. The summed E-state index contributed by atoms with van der Waals surface area (Å²) in [6.45, 7) is 10.7. The maximum atomic E-state index is 9.91. The molecule has 5 nitrogen and oxygen atoms in total. The van der Waals surface area contributed by atoms with Gasteiger partial charge in [0.2, 0.25) is 0 Å². The summed E-state index contributed by atoms with van der Waals surface area (Å²) in [6.07, 6.45) is 1.65. The van der Waals surface area contributed by atoms with Gasteiger partial charge in [-0.05, 0) is 55.7 Å². The van der Waals surface area contributed by atoms with Gasteiger partial charge in [-0.15, -0.1) is 0 Å². The quantitative estimate of drug-likeness (QED) is 0.252. The Morgan fingerprint density at radius 2 is 1.96 bits per heavy atom. The number of hydrogen-bond acceptors (Lipinski definition) is 5. The number of nitrogens with one attached hydrogen (secondary N) is 1. The maximum absolute atomic E-state index is 9.91. The zero-order chi connectivity index (χ0) is 20.1. The first-order chi connectivity index (χ1) is 13.4. The van der Waals surface area contributed by atoms with Crippen LogP contribution in [0.25, 0.3) is 16.5 Å². The van der Waals surface area contributed by atoms with E-state index < -0.39 is 0 Å². The molecule has 2 aromatic carbocycles. The van der Waals surface area contributed by atoms with Crippen LogP contribution >= 0.6 is 0 Å². The molecule has 0 aliphatic carbocycles. The standard InChI is InChI=1S/C23H26N2O3/c1-16(2)17-7-5-8-19(13-17)23(3,4)25-15-28-27-14-18-10-11-21(26)22-20(18)9-6-12-24-22/h5-13,25-26H,1,14-15H2,2-4H3. The molecule has 0 atom stereocenters. The fourth-order valence-corrected chi connectivity index (χ4v) is 2.97. The first-order valence-corrected chi connectivity index (χ1v) is 9.20. The second-order valence-electron chi connectivity index (χ2n) is 7.33. The predicted octanol–water partition coefficient (Wildman–Crippen LogP) is 4.90. The third kappa shape index (κ3) is 4.57. The number of aromatic hydroxyl groups is 1. The topological polar surface area (TPSA) is 63.6 Å². The molecule has 0 saturated heterocycles. The maximum Gasteiger partial charge on any atom is 0.141 e. The molecule has 1 heterocycles. The lowest BCUT2D eigenvalue weighted by molar-refractivity contribution is -0.310. The number of aromatic nitrogens is 1. The van der Waals surface area contributed by atoms with Crippen LogP contribution in [-0.4, -0.2) is 16.8 Å². The molecule has 1 aromatic heterocycles. The number of phenolic OH excluding ortho intramolecular Hbond substituents is 1. The van der Waals surface area contributed by atoms with Crippen molar-refractivity contribution in [1.82, 2.24) is 10.3 Å². The molecule has 146 valence electrons. The van der Waals surface area contributed by atoms with E-state index in [0.717, 1.165) is 27.6 Å². The predicted molar refractivity (Wildman–Crippen MR) is 111 cm³/mol. The molecule has 5 heteroatoms. The van der Waals surface area contributed by atoms with Gasteiger partial charge in [0.15, 0.2) is 0 Å². The minimum atomic E-state index is -0.288. The van der Waals surface area contributed by atoms with Crippen LogP contribution in [-0.2, 0) is 21.9 Å². The first kappa shape index (κ1) is 20.0. The number of hydrogen-bond donors (Lipinski definition) is 2. The Morgan fingerprint density at radius 1 is 1.14 bits per heavy atom. The van der Waals surface area contributed by atoms with E-state index in [2.05, 4.69) is 48.9 Å². The summed E-state index contributed by atoms with van der Waals surface area (Å²) in [7, 11) is 0. The fraction of sp³-hybridized carbons (Fsp3) is 0.261. The summed E-state index contributed by atoms with van der Waals surface area (Å²) in [5.74, 6) is 0.153. The van der Waals surface area contributed by atoms with Crippen molar-refractivity contribution in [2.75, 3.05) is 6.73 Å². The molecule has 0 bridgehead atoms. The fourth-order valence-electron chi connectivity index (χ4n) is 2.97. The highest BCUT2D eigenvalue weighted by Crippen LogP contribution is 2.26. The summed E-state index contributed by atoms with van der Waals surface area (Å²) < 4.78 is 0. The van der Waals surface area contributed by atoms with Crippen LogP contribution < -0.4 is 5.32 Å². The molecule has 0 spiro atoms. The van der Waals surface area contributed by atoms with Crippen molar-refractivity contribution in [2.45, 2.75) is 32.9 Å². The molecule has 0 radical (unpaired) electrons. The summed E-state index contributed by atoms with van der Waals surface area (Å²) in [5, 5.41) is 14.1. The zero-order valence-electron chi connectivity index (χ0n) is 16.5. The van der Waals surface area contributed by atoms with Crippen LogP contribution in [0.2, 0.25) is 0 Å². The van der Waals surface area contributed by atoms with Crippen molar-refractivity contribution in [3.05, 3.63) is 78.0 Å². The number of rotatable bonds is 8. The first-order valence-electron chi connectivity index (χ1n) is 9.20. The average Bonchev–Trinajstić information content (AvgIpc) is 2.69. The molecule has 0 amide bonds. The van der Waals surface area contributed by atoms with Gasteiger partial charge in [0.05, 0.1) is 0 Å². The molecule has 2 N–H and O–H groups in total. The van der Waals surface area contributed by atoms with Crippen LogP contribution in [0.15, 0.2) is 61.3 Å². The lowest BCUT2D eigenvalue weighted by atomic mass is 9.92. The van der Waals surface area contributed by atoms with E-state index in [0.29, 0.717) is 5.52 Å². The van der Waals surface area contributed by atoms with Crippen molar-refractivity contribution in [1.29, 1.82) is 0 Å². The molecule has 3 aromatic rings. The zero-order valence-corrected chi connectivity index (χ0v) is 16.5. The van der Waals surface area contributed by atoms with Crippen molar-refractivity contribution in [3.63, 3.8) is 0 Å². The highest BCUT2D eigenvalue weighted by atomic mass is 17.2. The van der Waals surface area contributed by atoms with E-state index in [4.69, 9.17) is 9.78 Å². The molecule has 0 saturated carbocycles. The molecule has 0 unspecified atom stereocenters. The third-order valence-electron chi connectivity index (χ3n) is 4.79. The Balaban J connectivity index is 1.56. The van der Waals surface area contributed by atoms with E-state index in [1.807, 2.05) is 31.2 Å². The van der Waals surface area contributed by atoms with Gasteiger partial charge in [-0.25, -0.2) is 9.78 Å². The van der Waals surface area contributed by atoms with Crippen molar-refractivity contribution >= 4 is 16.5 Å². The van der Waals surface area contributed by atoms with E-state index in [1.54, 1.807) is 12.3 Å². The van der Waals surface area contributed by atoms with Crippen LogP contribution in [0.4, 0.5) is 0 Å². The number of nitrogens with zero attached hydrogens (tertiary/aromatic N) is 1. The lowest BCUT2D eigenvalue weighted by Gasteiger charge is -2.27. The van der Waals surface area contributed by atoms with Crippen LogP contribution in [0.5, 0.6) is 5.75 Å². The number of allylic oxidation sites excluding steroid dienone is 1. The van der Waals surface area contributed by atoms with Gasteiger partial charge < -0.3 is 5.11 Å². The van der Waals surface area contributed by atoms with Gasteiger partial charge >= 0.3 is 0 Å². The normalized spacial score (nSPS) is 11.7. The largest absolute Gasteiger partial charge is 0.506 e. The van der Waals surface area contributed by atoms with Gasteiger partial charge in [-0.3, -0.25) is 10.3 Å². The lowest BCUT2D eigenvalue weighted by Crippen LogP contribution is -2.38. The second kappa shape index (κ2) is 8.52. The molecule has 0 aliphatic rings. The van der Waals surface area contributed by atoms with E-state index >= 15 is 0 Å². The molecule has 0 fully saturated rings. The van der Waals surface area contributed by atoms with Gasteiger partial charge in [-0.1, -0.05) is 42.5 Å². The van der Waals surface area contributed by atoms with Crippen LogP contribution in [0, 0.1) is 0 Å². The number of phenols is 1. The molecule has 28 heavy (non-hydrogen) atoms. The Bertz CT molecular complexity index is 982. The summed E-state index contributed by atoms with van der Waals surface area (Å²) in [4.78, 5) is 14.9. The monoisotopic (exact) mass is 378 g/mol. The van der Waals surface area contributed by atoms with E-state index in [1.165, 1.54) is 0 Å². The summed E-state index contributed by atoms with van der Waals surface area (Å²) in [5.41, 5.74) is 4.47. The second-order valence-corrected chi connectivity index (χ2v) is 7.33. The van der Waals surface area contributed by atoms with Crippen LogP contribution in [0.3, 0.4) is 0 Å². The van der Waals surface area contributed by atoms with Crippen molar-refractivity contribution in [3.8, 4) is 5.75 Å². The molecule has 3 rings (SSSR count). The minimum Gasteiger partial charge on any atom is -0.506 e. The Kier molecular flexibility index (Phi) is 6.09. The smallest absolute Gasteiger partial charge is 0.141 e. The highest BCUT2D eigenvalue weighted by Gasteiger charge is 2.20. The highest BCUT2D eigenvalue weighted by molar-refractivity contribution is 5.87. The van der Waals surface area contributed by atoms with Gasteiger partial charge in [0.1, 0.15) is 24.6 Å². The number of fused-ring (bicyclic) bond motifs is 1. The van der Waals surface area contributed by atoms with E-state index in [9.17, 15) is 5.11 Å². The van der Waals surface area contributed by atoms with Crippen molar-refractivity contribution < 1.29 is 14.9 Å². The van der Waals surface area contributed by atoms with E-state index in [-0.39, 0.29) is 24.6 Å². The van der Waals surface area contributed by atoms with Crippen LogP contribution in [0.1, 0.15) is 37.5 Å². The molecular formula is C23H26N2O3. The Hall–Kier alpha value is -2.73. The third-order valence-corrected chi connectivity index (χ3v) is 4.79. The Morgan fingerprint density at radius 3 is 2.75 bits per heavy atom. The molecular weight excluding hydrogens is 352 g/mol. The average molecular weight is 378 g/mol. The summed E-state index contributed by atoms with van der Waals surface area (Å²) in [6, 6.07) is 15.4. The molecule has 0 aliphatic heterocycles. The Labute approximate surface area is 165 Å². The van der Waals surface area contributed by atoms with Gasteiger partial charge in [0.25, 0.3) is 0 Å². The van der Waals surface area contributed by atoms with Crippen molar-refractivity contribution in [2.24, 2.45) is 0 Å². The van der Waals surface area contributed by atoms with Gasteiger partial charge in [-0.2, -0.15) is 0 Å². The number of pyridine rings is 1.